The van der Waals surface area contributed by atoms with Gasteiger partial charge in [-0.2, -0.15) is 0 Å². The summed E-state index contributed by atoms with van der Waals surface area (Å²) in [4.78, 5) is 0. The van der Waals surface area contributed by atoms with Gasteiger partial charge in [0, 0.05) is 10.6 Å². The summed E-state index contributed by atoms with van der Waals surface area (Å²) in [5.74, 6) is 0.901. The second kappa shape index (κ2) is 4.51. The molecule has 0 aliphatic carbocycles. The van der Waals surface area contributed by atoms with Crippen molar-refractivity contribution in [2.24, 2.45) is 0 Å². The maximum absolute atomic E-state index is 6.05. The molecule has 90 valence electrons. The summed E-state index contributed by atoms with van der Waals surface area (Å²) in [7, 11) is 0. The van der Waals surface area contributed by atoms with Gasteiger partial charge in [-0.1, -0.05) is 48.0 Å². The summed E-state index contributed by atoms with van der Waals surface area (Å²) < 4.78 is 5.96. The summed E-state index contributed by atoms with van der Waals surface area (Å²) in [5.41, 5.74) is 3.41. The Labute approximate surface area is 112 Å². The Balaban J connectivity index is 2.10. The van der Waals surface area contributed by atoms with Crippen molar-refractivity contribution in [3.63, 3.8) is 0 Å². The van der Waals surface area contributed by atoms with Crippen LogP contribution in [0.1, 0.15) is 29.7 Å². The third-order valence-electron chi connectivity index (χ3n) is 3.14. The molecule has 1 aliphatic heterocycles. The van der Waals surface area contributed by atoms with E-state index in [0.717, 1.165) is 21.9 Å². The van der Waals surface area contributed by atoms with E-state index in [9.17, 15) is 0 Å². The molecule has 0 saturated heterocycles. The molecular formula is C16H13ClO. The van der Waals surface area contributed by atoms with Gasteiger partial charge in [0.15, 0.2) is 0 Å². The fourth-order valence-corrected chi connectivity index (χ4v) is 2.40. The van der Waals surface area contributed by atoms with Gasteiger partial charge in [-0.05, 0) is 36.3 Å². The molecule has 0 spiro atoms. The van der Waals surface area contributed by atoms with Gasteiger partial charge in [0.1, 0.15) is 11.9 Å². The minimum absolute atomic E-state index is 0.0532. The van der Waals surface area contributed by atoms with Crippen LogP contribution in [0.5, 0.6) is 0 Å². The molecule has 0 amide bonds. The van der Waals surface area contributed by atoms with Gasteiger partial charge in [-0.3, -0.25) is 0 Å². The van der Waals surface area contributed by atoms with Gasteiger partial charge >= 0.3 is 0 Å². The predicted octanol–water partition coefficient (Wildman–Crippen LogP) is 4.93. The first-order valence-corrected chi connectivity index (χ1v) is 6.35. The van der Waals surface area contributed by atoms with Crippen LogP contribution in [0, 0.1) is 0 Å². The van der Waals surface area contributed by atoms with Crippen molar-refractivity contribution in [2.75, 3.05) is 0 Å². The van der Waals surface area contributed by atoms with Crippen LogP contribution < -0.4 is 0 Å². The standard InChI is InChI=1S/C16H13ClO/c1-11-15-8-7-14(17)9-13(15)10-16(18-11)12-5-3-2-4-6-12/h2-11H,1H3/t11-/m0/s1. The van der Waals surface area contributed by atoms with Gasteiger partial charge in [0.05, 0.1) is 0 Å². The third-order valence-corrected chi connectivity index (χ3v) is 3.37. The molecule has 0 aromatic heterocycles. The maximum atomic E-state index is 6.05. The van der Waals surface area contributed by atoms with E-state index in [1.54, 1.807) is 0 Å². The van der Waals surface area contributed by atoms with Crippen molar-refractivity contribution in [1.29, 1.82) is 0 Å². The van der Waals surface area contributed by atoms with Crippen LogP contribution in [0.4, 0.5) is 0 Å². The molecule has 2 aromatic carbocycles. The number of rotatable bonds is 1. The largest absolute Gasteiger partial charge is 0.485 e. The molecule has 1 atom stereocenters. The lowest BCUT2D eigenvalue weighted by atomic mass is 9.98. The predicted molar refractivity (Wildman–Crippen MR) is 75.3 cm³/mol. The molecule has 0 N–H and O–H groups in total. The Morgan fingerprint density at radius 1 is 1.06 bits per heavy atom. The lowest BCUT2D eigenvalue weighted by Gasteiger charge is -2.24. The quantitative estimate of drug-likeness (QED) is 0.703. The first-order valence-electron chi connectivity index (χ1n) is 5.97. The van der Waals surface area contributed by atoms with Gasteiger partial charge < -0.3 is 4.74 Å². The molecule has 0 saturated carbocycles. The smallest absolute Gasteiger partial charge is 0.128 e. The van der Waals surface area contributed by atoms with E-state index < -0.39 is 0 Å². The topological polar surface area (TPSA) is 9.23 Å². The van der Waals surface area contributed by atoms with Crippen LogP contribution in [-0.4, -0.2) is 0 Å². The van der Waals surface area contributed by atoms with Gasteiger partial charge in [-0.15, -0.1) is 0 Å². The van der Waals surface area contributed by atoms with E-state index in [2.05, 4.69) is 13.0 Å². The molecule has 1 aliphatic rings. The van der Waals surface area contributed by atoms with Crippen molar-refractivity contribution in [1.82, 2.24) is 0 Å². The number of hydrogen-bond acceptors (Lipinski definition) is 1. The zero-order valence-electron chi connectivity index (χ0n) is 10.1. The maximum Gasteiger partial charge on any atom is 0.128 e. The highest BCUT2D eigenvalue weighted by atomic mass is 35.5. The van der Waals surface area contributed by atoms with Crippen molar-refractivity contribution >= 4 is 23.4 Å². The van der Waals surface area contributed by atoms with Crippen LogP contribution in [-0.2, 0) is 4.74 Å². The first kappa shape index (κ1) is 11.4. The molecular weight excluding hydrogens is 244 g/mol. The number of ether oxygens (including phenoxy) is 1. The molecule has 18 heavy (non-hydrogen) atoms. The normalized spacial score (nSPS) is 17.7. The molecule has 0 bridgehead atoms. The molecule has 1 heterocycles. The SMILES string of the molecule is C[C@@H]1OC(c2ccccc2)=Cc2cc(Cl)ccc21. The van der Waals surface area contributed by atoms with Gasteiger partial charge in [0.2, 0.25) is 0 Å². The van der Waals surface area contributed by atoms with Crippen LogP contribution in [0.3, 0.4) is 0 Å². The minimum Gasteiger partial charge on any atom is -0.485 e. The summed E-state index contributed by atoms with van der Waals surface area (Å²) in [6, 6.07) is 16.0. The van der Waals surface area contributed by atoms with Crippen molar-refractivity contribution in [2.45, 2.75) is 13.0 Å². The van der Waals surface area contributed by atoms with E-state index in [1.807, 2.05) is 48.5 Å². The molecule has 2 aromatic rings. The lowest BCUT2D eigenvalue weighted by Crippen LogP contribution is -2.06. The van der Waals surface area contributed by atoms with Gasteiger partial charge in [-0.25, -0.2) is 0 Å². The highest BCUT2D eigenvalue weighted by Crippen LogP contribution is 2.36. The highest BCUT2D eigenvalue weighted by molar-refractivity contribution is 6.30. The Bertz CT molecular complexity index is 602. The first-order chi connectivity index (χ1) is 8.74. The van der Waals surface area contributed by atoms with Crippen molar-refractivity contribution < 1.29 is 4.74 Å². The van der Waals surface area contributed by atoms with E-state index in [4.69, 9.17) is 16.3 Å². The zero-order chi connectivity index (χ0) is 12.5. The second-order valence-electron chi connectivity index (χ2n) is 4.41. The minimum atomic E-state index is 0.0532. The third kappa shape index (κ3) is 2.02. The number of halogens is 1. The molecule has 0 radical (unpaired) electrons. The average molecular weight is 257 g/mol. The Morgan fingerprint density at radius 3 is 2.61 bits per heavy atom. The van der Waals surface area contributed by atoms with E-state index in [0.29, 0.717) is 0 Å². The Morgan fingerprint density at radius 2 is 1.83 bits per heavy atom. The fourth-order valence-electron chi connectivity index (χ4n) is 2.22. The molecule has 2 heteroatoms. The van der Waals surface area contributed by atoms with Crippen molar-refractivity contribution in [3.05, 3.63) is 70.2 Å². The number of benzene rings is 2. The van der Waals surface area contributed by atoms with Crippen LogP contribution >= 0.6 is 11.6 Å². The second-order valence-corrected chi connectivity index (χ2v) is 4.84. The lowest BCUT2D eigenvalue weighted by molar-refractivity contribution is 0.186. The monoisotopic (exact) mass is 256 g/mol. The average Bonchev–Trinajstić information content (AvgIpc) is 2.39. The molecule has 3 rings (SSSR count). The Kier molecular flexibility index (Phi) is 2.85. The molecule has 0 fully saturated rings. The van der Waals surface area contributed by atoms with Crippen LogP contribution in [0.25, 0.3) is 11.8 Å². The summed E-state index contributed by atoms with van der Waals surface area (Å²) in [6.45, 7) is 2.06. The van der Waals surface area contributed by atoms with Crippen LogP contribution in [0.15, 0.2) is 48.5 Å². The molecule has 1 nitrogen and oxygen atoms in total. The van der Waals surface area contributed by atoms with E-state index in [-0.39, 0.29) is 6.10 Å². The summed E-state index contributed by atoms with van der Waals surface area (Å²) in [5, 5.41) is 0.756. The molecule has 0 unspecified atom stereocenters. The summed E-state index contributed by atoms with van der Waals surface area (Å²) >= 11 is 6.05. The number of hydrogen-bond donors (Lipinski definition) is 0. The summed E-state index contributed by atoms with van der Waals surface area (Å²) in [6.07, 6.45) is 2.11. The number of fused-ring (bicyclic) bond motifs is 1. The zero-order valence-corrected chi connectivity index (χ0v) is 10.8. The van der Waals surface area contributed by atoms with Crippen molar-refractivity contribution in [3.8, 4) is 0 Å². The fraction of sp³-hybridized carbons (Fsp3) is 0.125. The van der Waals surface area contributed by atoms with Crippen LogP contribution in [0.2, 0.25) is 5.02 Å². The Hall–Kier alpha value is -1.73. The van der Waals surface area contributed by atoms with E-state index in [1.165, 1.54) is 5.56 Å². The van der Waals surface area contributed by atoms with E-state index >= 15 is 0 Å². The van der Waals surface area contributed by atoms with Gasteiger partial charge in [0.25, 0.3) is 0 Å². The highest BCUT2D eigenvalue weighted by Gasteiger charge is 2.19.